The zero-order valence-electron chi connectivity index (χ0n) is 11.4. The van der Waals surface area contributed by atoms with Gasteiger partial charge in [0.2, 0.25) is 0 Å². The van der Waals surface area contributed by atoms with Gasteiger partial charge < -0.3 is 5.32 Å². The van der Waals surface area contributed by atoms with Gasteiger partial charge in [-0.2, -0.15) is 5.10 Å². The van der Waals surface area contributed by atoms with E-state index in [0.717, 1.165) is 48.1 Å². The summed E-state index contributed by atoms with van der Waals surface area (Å²) in [4.78, 5) is 9.31. The first-order chi connectivity index (χ1) is 9.22. The Balaban J connectivity index is 1.95. The highest BCUT2D eigenvalue weighted by atomic mass is 15.1. The Labute approximate surface area is 112 Å². The van der Waals surface area contributed by atoms with Gasteiger partial charge in [0.05, 0.1) is 5.69 Å². The van der Waals surface area contributed by atoms with E-state index in [1.807, 2.05) is 26.0 Å². The highest BCUT2D eigenvalue weighted by molar-refractivity contribution is 5.54. The van der Waals surface area contributed by atoms with Crippen LogP contribution in [0.1, 0.15) is 36.0 Å². The molecule has 3 rings (SSSR count). The second-order valence-corrected chi connectivity index (χ2v) is 5.23. The zero-order chi connectivity index (χ0) is 13.2. The van der Waals surface area contributed by atoms with Crippen molar-refractivity contribution in [3.05, 3.63) is 29.3 Å². The zero-order valence-corrected chi connectivity index (χ0v) is 11.4. The molecule has 2 aromatic heterocycles. The van der Waals surface area contributed by atoms with Crippen molar-refractivity contribution in [2.45, 2.75) is 32.6 Å². The summed E-state index contributed by atoms with van der Waals surface area (Å²) in [5, 5.41) is 10.7. The maximum atomic E-state index is 4.71. The lowest BCUT2D eigenvalue weighted by Gasteiger charge is -2.21. The Kier molecular flexibility index (Phi) is 3.29. The molecule has 1 saturated heterocycles. The number of piperidine rings is 1. The molecule has 1 unspecified atom stereocenters. The van der Waals surface area contributed by atoms with Crippen molar-refractivity contribution in [3.8, 4) is 11.4 Å². The highest BCUT2D eigenvalue weighted by Crippen LogP contribution is 2.23. The second kappa shape index (κ2) is 5.09. The molecule has 2 aromatic rings. The van der Waals surface area contributed by atoms with Crippen LogP contribution < -0.4 is 5.32 Å². The van der Waals surface area contributed by atoms with Gasteiger partial charge in [-0.25, -0.2) is 9.97 Å². The molecule has 1 aliphatic heterocycles. The molecule has 0 aliphatic carbocycles. The van der Waals surface area contributed by atoms with Crippen LogP contribution in [0.25, 0.3) is 11.4 Å². The number of nitrogens with one attached hydrogen (secondary N) is 2. The maximum Gasteiger partial charge on any atom is 0.133 e. The molecule has 0 radical (unpaired) electrons. The van der Waals surface area contributed by atoms with Crippen molar-refractivity contribution >= 4 is 0 Å². The lowest BCUT2D eigenvalue weighted by molar-refractivity contribution is 0.446. The van der Waals surface area contributed by atoms with E-state index in [9.17, 15) is 0 Å². The molecule has 0 amide bonds. The molecule has 2 N–H and O–H groups in total. The Morgan fingerprint density at radius 2 is 2.05 bits per heavy atom. The molecule has 1 atom stereocenters. The number of aryl methyl sites for hydroxylation is 2. The van der Waals surface area contributed by atoms with Crippen LogP contribution in [0.4, 0.5) is 0 Å². The summed E-state index contributed by atoms with van der Waals surface area (Å²) in [5.41, 5.74) is 3.86. The van der Waals surface area contributed by atoms with E-state index in [-0.39, 0.29) is 0 Å². The number of H-pyrrole nitrogens is 1. The van der Waals surface area contributed by atoms with Gasteiger partial charge in [0, 0.05) is 23.9 Å². The summed E-state index contributed by atoms with van der Waals surface area (Å²) in [5.74, 6) is 1.37. The molecule has 0 spiro atoms. The lowest BCUT2D eigenvalue weighted by atomic mass is 9.98. The van der Waals surface area contributed by atoms with Gasteiger partial charge in [-0.05, 0) is 45.4 Å². The third-order valence-corrected chi connectivity index (χ3v) is 3.50. The van der Waals surface area contributed by atoms with Gasteiger partial charge in [0.15, 0.2) is 0 Å². The van der Waals surface area contributed by atoms with Crippen LogP contribution >= 0.6 is 0 Å². The van der Waals surface area contributed by atoms with E-state index in [2.05, 4.69) is 20.5 Å². The standard InChI is InChI=1S/C14H19N5/c1-9-6-12(13-7-10(2)18-19-13)17-14(16-9)11-4-3-5-15-8-11/h6-7,11,15H,3-5,8H2,1-2H3,(H,18,19). The van der Waals surface area contributed by atoms with Crippen LogP contribution in [0.5, 0.6) is 0 Å². The van der Waals surface area contributed by atoms with Gasteiger partial charge >= 0.3 is 0 Å². The van der Waals surface area contributed by atoms with Gasteiger partial charge in [-0.3, -0.25) is 5.10 Å². The van der Waals surface area contributed by atoms with Crippen LogP contribution in [0.3, 0.4) is 0 Å². The monoisotopic (exact) mass is 257 g/mol. The number of aromatic nitrogens is 4. The normalized spacial score (nSPS) is 19.6. The third-order valence-electron chi connectivity index (χ3n) is 3.50. The Morgan fingerprint density at radius 1 is 1.16 bits per heavy atom. The molecule has 5 heteroatoms. The van der Waals surface area contributed by atoms with Crippen molar-refractivity contribution in [1.29, 1.82) is 0 Å². The second-order valence-electron chi connectivity index (χ2n) is 5.23. The first kappa shape index (κ1) is 12.3. The molecule has 3 heterocycles. The van der Waals surface area contributed by atoms with Gasteiger partial charge in [-0.15, -0.1) is 0 Å². The maximum absolute atomic E-state index is 4.71. The highest BCUT2D eigenvalue weighted by Gasteiger charge is 2.19. The fourth-order valence-electron chi connectivity index (χ4n) is 2.53. The van der Waals surface area contributed by atoms with Gasteiger partial charge in [-0.1, -0.05) is 0 Å². The average Bonchev–Trinajstić information content (AvgIpc) is 2.86. The number of hydrogen-bond donors (Lipinski definition) is 2. The Morgan fingerprint density at radius 3 is 2.74 bits per heavy atom. The molecular formula is C14H19N5. The van der Waals surface area contributed by atoms with Crippen LogP contribution in [-0.2, 0) is 0 Å². The summed E-state index contributed by atoms with van der Waals surface area (Å²) in [6.07, 6.45) is 2.36. The summed E-state index contributed by atoms with van der Waals surface area (Å²) in [6, 6.07) is 4.01. The van der Waals surface area contributed by atoms with Crippen molar-refractivity contribution in [1.82, 2.24) is 25.5 Å². The van der Waals surface area contributed by atoms with Crippen molar-refractivity contribution < 1.29 is 0 Å². The quantitative estimate of drug-likeness (QED) is 0.863. The van der Waals surface area contributed by atoms with Crippen LogP contribution in [0, 0.1) is 13.8 Å². The molecule has 0 saturated carbocycles. The molecular weight excluding hydrogens is 238 g/mol. The van der Waals surface area contributed by atoms with E-state index in [1.165, 1.54) is 6.42 Å². The topological polar surface area (TPSA) is 66.5 Å². The number of rotatable bonds is 2. The van der Waals surface area contributed by atoms with E-state index < -0.39 is 0 Å². The smallest absolute Gasteiger partial charge is 0.133 e. The molecule has 1 aliphatic rings. The van der Waals surface area contributed by atoms with Crippen LogP contribution in [0.15, 0.2) is 12.1 Å². The molecule has 5 nitrogen and oxygen atoms in total. The third kappa shape index (κ3) is 2.66. The summed E-state index contributed by atoms with van der Waals surface area (Å²) in [6.45, 7) is 6.09. The average molecular weight is 257 g/mol. The number of aromatic amines is 1. The van der Waals surface area contributed by atoms with Crippen LogP contribution in [0.2, 0.25) is 0 Å². The van der Waals surface area contributed by atoms with E-state index in [0.29, 0.717) is 5.92 Å². The van der Waals surface area contributed by atoms with E-state index >= 15 is 0 Å². The molecule has 100 valence electrons. The molecule has 0 aromatic carbocycles. The van der Waals surface area contributed by atoms with Gasteiger partial charge in [0.25, 0.3) is 0 Å². The summed E-state index contributed by atoms with van der Waals surface area (Å²) >= 11 is 0. The minimum atomic E-state index is 0.424. The Hall–Kier alpha value is -1.75. The minimum absolute atomic E-state index is 0.424. The SMILES string of the molecule is Cc1cc(-c2cc(C)[nH]n2)nc(C2CCCNC2)n1. The lowest BCUT2D eigenvalue weighted by Crippen LogP contribution is -2.29. The number of nitrogens with zero attached hydrogens (tertiary/aromatic N) is 3. The van der Waals surface area contributed by atoms with Crippen molar-refractivity contribution in [3.63, 3.8) is 0 Å². The predicted molar refractivity (Wildman–Crippen MR) is 73.9 cm³/mol. The predicted octanol–water partition coefficient (Wildman–Crippen LogP) is 1.95. The molecule has 19 heavy (non-hydrogen) atoms. The summed E-state index contributed by atoms with van der Waals surface area (Å²) in [7, 11) is 0. The minimum Gasteiger partial charge on any atom is -0.316 e. The molecule has 0 bridgehead atoms. The first-order valence-electron chi connectivity index (χ1n) is 6.81. The fraction of sp³-hybridized carbons (Fsp3) is 0.500. The first-order valence-corrected chi connectivity index (χ1v) is 6.81. The van der Waals surface area contributed by atoms with Crippen molar-refractivity contribution in [2.75, 3.05) is 13.1 Å². The van der Waals surface area contributed by atoms with Crippen molar-refractivity contribution in [2.24, 2.45) is 0 Å². The van der Waals surface area contributed by atoms with Gasteiger partial charge in [0.1, 0.15) is 11.5 Å². The van der Waals surface area contributed by atoms with E-state index in [4.69, 9.17) is 4.98 Å². The van der Waals surface area contributed by atoms with E-state index in [1.54, 1.807) is 0 Å². The summed E-state index contributed by atoms with van der Waals surface area (Å²) < 4.78 is 0. The molecule has 1 fully saturated rings. The fourth-order valence-corrected chi connectivity index (χ4v) is 2.53. The van der Waals surface area contributed by atoms with Crippen LogP contribution in [-0.4, -0.2) is 33.3 Å². The Bertz CT molecular complexity index is 569. The number of hydrogen-bond acceptors (Lipinski definition) is 4. The largest absolute Gasteiger partial charge is 0.316 e.